The number of imidazole rings is 1. The molecule has 1 aliphatic heterocycles. The minimum absolute atomic E-state index is 0. The predicted octanol–water partition coefficient (Wildman–Crippen LogP) is 2.67. The molecule has 1 aliphatic rings. The normalized spacial score (nSPS) is 16.5. The largest absolute Gasteiger partial charge is 0.345 e. The molecule has 5 heteroatoms. The summed E-state index contributed by atoms with van der Waals surface area (Å²) in [5.41, 5.74) is 2.65. The molecule has 0 aliphatic carbocycles. The van der Waals surface area contributed by atoms with Crippen LogP contribution in [-0.4, -0.2) is 35.0 Å². The van der Waals surface area contributed by atoms with E-state index in [0.717, 1.165) is 5.69 Å². The van der Waals surface area contributed by atoms with Crippen molar-refractivity contribution >= 4 is 40.0 Å². The van der Waals surface area contributed by atoms with Crippen LogP contribution in [0.15, 0.2) is 18.1 Å². The average molecular weight is 339 g/mol. The van der Waals surface area contributed by atoms with Gasteiger partial charge in [-0.3, -0.25) is 0 Å². The lowest BCUT2D eigenvalue weighted by Gasteiger charge is -2.23. The van der Waals surface area contributed by atoms with Gasteiger partial charge in [0.15, 0.2) is 0 Å². The highest BCUT2D eigenvalue weighted by atomic mass is 79.9. The third kappa shape index (κ3) is 4.49. The highest BCUT2D eigenvalue weighted by Gasteiger charge is 2.09. The van der Waals surface area contributed by atoms with Gasteiger partial charge < -0.3 is 9.88 Å². The van der Waals surface area contributed by atoms with E-state index < -0.39 is 0 Å². The maximum absolute atomic E-state index is 3.99. The fourth-order valence-corrected chi connectivity index (χ4v) is 1.62. The molecule has 15 heavy (non-hydrogen) atoms. The number of hydrogen-bond donors (Lipinski definition) is 1. The number of rotatable bonds is 1. The fraction of sp³-hybridized carbons (Fsp3) is 0.500. The molecule has 0 spiro atoms. The van der Waals surface area contributed by atoms with Crippen LogP contribution in [0.1, 0.15) is 18.5 Å². The van der Waals surface area contributed by atoms with Gasteiger partial charge in [0.2, 0.25) is 0 Å². The molecule has 0 amide bonds. The first kappa shape index (κ1) is 14.9. The molecule has 0 unspecified atom stereocenters. The summed E-state index contributed by atoms with van der Waals surface area (Å²) in [4.78, 5) is 9.45. The Morgan fingerprint density at radius 1 is 1.33 bits per heavy atom. The van der Waals surface area contributed by atoms with Gasteiger partial charge in [0.1, 0.15) is 0 Å². The molecule has 0 saturated carbocycles. The van der Waals surface area contributed by atoms with E-state index in [-0.39, 0.29) is 34.0 Å². The molecule has 0 atom stereocenters. The van der Waals surface area contributed by atoms with Gasteiger partial charge in [-0.05, 0) is 26.0 Å². The monoisotopic (exact) mass is 337 g/mol. The molecule has 1 N–H and O–H groups in total. The number of nitrogens with zero attached hydrogens (tertiary/aromatic N) is 2. The van der Waals surface area contributed by atoms with Crippen molar-refractivity contribution in [2.24, 2.45) is 0 Å². The summed E-state index contributed by atoms with van der Waals surface area (Å²) < 4.78 is 0. The lowest BCUT2D eigenvalue weighted by atomic mass is 10.0. The van der Waals surface area contributed by atoms with E-state index in [2.05, 4.69) is 28.0 Å². The van der Waals surface area contributed by atoms with Crippen molar-refractivity contribution in [3.63, 3.8) is 0 Å². The quantitative estimate of drug-likeness (QED) is 0.853. The Bertz CT molecular complexity index is 286. The highest BCUT2D eigenvalue weighted by molar-refractivity contribution is 8.93. The number of hydrogen-bond acceptors (Lipinski definition) is 2. The summed E-state index contributed by atoms with van der Waals surface area (Å²) >= 11 is 0. The first-order chi connectivity index (χ1) is 6.34. The maximum atomic E-state index is 3.99. The Labute approximate surface area is 112 Å². The van der Waals surface area contributed by atoms with E-state index in [9.17, 15) is 0 Å². The van der Waals surface area contributed by atoms with Gasteiger partial charge in [0, 0.05) is 13.1 Å². The number of H-pyrrole nitrogens is 1. The molecule has 1 saturated heterocycles. The smallest absolute Gasteiger partial charge is 0.0924 e. The van der Waals surface area contributed by atoms with E-state index in [1.807, 2.05) is 6.20 Å². The molecule has 2 rings (SSSR count). The molecular formula is C10H17Br2N3. The standard InChI is InChI=1S/C10H15N3.2BrH/c1-13-4-2-9(3-5-13)6-10-7-11-8-12-10;;/h6-8H,2-5H2,1H3,(H,11,12);2*1H. The third-order valence-corrected chi connectivity index (χ3v) is 2.51. The lowest BCUT2D eigenvalue weighted by Crippen LogP contribution is -2.26. The van der Waals surface area contributed by atoms with Crippen LogP contribution in [0.3, 0.4) is 0 Å². The molecule has 1 aromatic heterocycles. The Hall–Kier alpha value is -0.130. The van der Waals surface area contributed by atoms with Crippen LogP contribution in [0.25, 0.3) is 6.08 Å². The molecule has 1 aromatic rings. The van der Waals surface area contributed by atoms with E-state index in [1.54, 1.807) is 6.33 Å². The van der Waals surface area contributed by atoms with Gasteiger partial charge in [-0.25, -0.2) is 4.98 Å². The zero-order chi connectivity index (χ0) is 9.10. The minimum atomic E-state index is 0. The van der Waals surface area contributed by atoms with Crippen molar-refractivity contribution in [3.05, 3.63) is 23.8 Å². The Kier molecular flexibility index (Phi) is 7.13. The zero-order valence-corrected chi connectivity index (χ0v) is 12.2. The van der Waals surface area contributed by atoms with Gasteiger partial charge in [-0.2, -0.15) is 0 Å². The van der Waals surface area contributed by atoms with Crippen LogP contribution in [0.2, 0.25) is 0 Å². The first-order valence-electron chi connectivity index (χ1n) is 4.71. The third-order valence-electron chi connectivity index (χ3n) is 2.51. The van der Waals surface area contributed by atoms with E-state index in [4.69, 9.17) is 0 Å². The summed E-state index contributed by atoms with van der Waals surface area (Å²) in [6, 6.07) is 0. The Morgan fingerprint density at radius 2 is 2.00 bits per heavy atom. The van der Waals surface area contributed by atoms with Crippen LogP contribution in [0.4, 0.5) is 0 Å². The van der Waals surface area contributed by atoms with E-state index in [1.165, 1.54) is 31.5 Å². The first-order valence-corrected chi connectivity index (χ1v) is 4.71. The Morgan fingerprint density at radius 3 is 2.53 bits per heavy atom. The van der Waals surface area contributed by atoms with Crippen molar-refractivity contribution < 1.29 is 0 Å². The maximum Gasteiger partial charge on any atom is 0.0924 e. The average Bonchev–Trinajstić information content (AvgIpc) is 2.62. The second-order valence-electron chi connectivity index (χ2n) is 3.61. The lowest BCUT2D eigenvalue weighted by molar-refractivity contribution is 0.313. The van der Waals surface area contributed by atoms with Gasteiger partial charge in [0.25, 0.3) is 0 Å². The summed E-state index contributed by atoms with van der Waals surface area (Å²) in [7, 11) is 2.17. The summed E-state index contributed by atoms with van der Waals surface area (Å²) in [6.45, 7) is 2.36. The SMILES string of the molecule is Br.Br.CN1CCC(=Cc2cnc[nH]2)CC1. The van der Waals surface area contributed by atoms with Crippen LogP contribution < -0.4 is 0 Å². The summed E-state index contributed by atoms with van der Waals surface area (Å²) in [5.74, 6) is 0. The van der Waals surface area contributed by atoms with E-state index >= 15 is 0 Å². The van der Waals surface area contributed by atoms with Crippen LogP contribution >= 0.6 is 34.0 Å². The van der Waals surface area contributed by atoms with Gasteiger partial charge in [-0.1, -0.05) is 5.57 Å². The Balaban J connectivity index is 0.000000980. The molecule has 1 fully saturated rings. The number of likely N-dealkylation sites (tertiary alicyclic amines) is 1. The number of aromatic amines is 1. The molecule has 0 radical (unpaired) electrons. The number of nitrogens with one attached hydrogen (secondary N) is 1. The van der Waals surface area contributed by atoms with Crippen molar-refractivity contribution in [3.8, 4) is 0 Å². The molecular weight excluding hydrogens is 322 g/mol. The molecule has 2 heterocycles. The number of piperidine rings is 1. The molecule has 0 bridgehead atoms. The fourth-order valence-electron chi connectivity index (χ4n) is 1.62. The number of halogens is 2. The molecule has 3 nitrogen and oxygen atoms in total. The van der Waals surface area contributed by atoms with Gasteiger partial charge >= 0.3 is 0 Å². The van der Waals surface area contributed by atoms with Crippen LogP contribution in [-0.2, 0) is 0 Å². The predicted molar refractivity (Wildman–Crippen MR) is 73.9 cm³/mol. The zero-order valence-electron chi connectivity index (χ0n) is 8.77. The highest BCUT2D eigenvalue weighted by Crippen LogP contribution is 2.16. The van der Waals surface area contributed by atoms with Crippen molar-refractivity contribution in [1.82, 2.24) is 14.9 Å². The second kappa shape index (κ2) is 7.19. The number of aromatic nitrogens is 2. The van der Waals surface area contributed by atoms with Crippen LogP contribution in [0.5, 0.6) is 0 Å². The summed E-state index contributed by atoms with van der Waals surface area (Å²) in [5, 5.41) is 0. The topological polar surface area (TPSA) is 31.9 Å². The second-order valence-corrected chi connectivity index (χ2v) is 3.61. The van der Waals surface area contributed by atoms with Crippen molar-refractivity contribution in [2.45, 2.75) is 12.8 Å². The van der Waals surface area contributed by atoms with Crippen molar-refractivity contribution in [2.75, 3.05) is 20.1 Å². The minimum Gasteiger partial charge on any atom is -0.345 e. The van der Waals surface area contributed by atoms with Gasteiger partial charge in [-0.15, -0.1) is 34.0 Å². The molecule has 86 valence electrons. The van der Waals surface area contributed by atoms with Crippen molar-refractivity contribution in [1.29, 1.82) is 0 Å². The van der Waals surface area contributed by atoms with E-state index in [0.29, 0.717) is 0 Å². The summed E-state index contributed by atoms with van der Waals surface area (Å²) in [6.07, 6.45) is 8.19. The van der Waals surface area contributed by atoms with Gasteiger partial charge in [0.05, 0.1) is 18.2 Å². The molecule has 0 aromatic carbocycles. The van der Waals surface area contributed by atoms with Crippen LogP contribution in [0, 0.1) is 0 Å².